The molecular weight excluding hydrogens is 184 g/mol. The van der Waals surface area contributed by atoms with Crippen molar-refractivity contribution in [1.29, 1.82) is 0 Å². The van der Waals surface area contributed by atoms with Gasteiger partial charge >= 0.3 is 12.0 Å². The number of nitrogens with one attached hydrogen (secondary N) is 1. The van der Waals surface area contributed by atoms with Gasteiger partial charge in [-0.25, -0.2) is 9.78 Å². The minimum atomic E-state index is -0.614. The second-order valence-electron chi connectivity index (χ2n) is 2.87. The summed E-state index contributed by atoms with van der Waals surface area (Å²) in [5.41, 5.74) is 0.373. The standard InChI is InChI=1S/C9H10N2O3/c1-5(2)8(13)14-9-10-4-6(3)7(12)11-9/h4H,1H2,2-3H3,(H,10,11,12). The van der Waals surface area contributed by atoms with E-state index >= 15 is 0 Å². The van der Waals surface area contributed by atoms with Crippen molar-refractivity contribution in [3.8, 4) is 6.01 Å². The molecule has 1 aromatic rings. The fraction of sp³-hybridized carbons (Fsp3) is 0.222. The molecule has 74 valence electrons. The highest BCUT2D eigenvalue weighted by atomic mass is 16.5. The van der Waals surface area contributed by atoms with Crippen LogP contribution in [0.3, 0.4) is 0 Å². The van der Waals surface area contributed by atoms with Crippen LogP contribution in [0.2, 0.25) is 0 Å². The van der Waals surface area contributed by atoms with Crippen molar-refractivity contribution < 1.29 is 9.53 Å². The van der Waals surface area contributed by atoms with E-state index in [1.807, 2.05) is 0 Å². The molecule has 0 unspecified atom stereocenters. The molecule has 0 fully saturated rings. The molecular formula is C9H10N2O3. The van der Waals surface area contributed by atoms with Gasteiger partial charge in [-0.15, -0.1) is 0 Å². The van der Waals surface area contributed by atoms with E-state index in [0.717, 1.165) is 0 Å². The minimum Gasteiger partial charge on any atom is -0.389 e. The summed E-state index contributed by atoms with van der Waals surface area (Å²) in [5, 5.41) is 0. The van der Waals surface area contributed by atoms with Gasteiger partial charge in [0.1, 0.15) is 0 Å². The van der Waals surface area contributed by atoms with Gasteiger partial charge in [-0.3, -0.25) is 9.78 Å². The van der Waals surface area contributed by atoms with Crippen LogP contribution in [-0.2, 0) is 4.79 Å². The normalized spacial score (nSPS) is 9.57. The number of aromatic amines is 1. The Hall–Kier alpha value is -1.91. The Labute approximate surface area is 80.4 Å². The van der Waals surface area contributed by atoms with Gasteiger partial charge in [0.15, 0.2) is 0 Å². The van der Waals surface area contributed by atoms with Crippen molar-refractivity contribution in [2.75, 3.05) is 0 Å². The van der Waals surface area contributed by atoms with Gasteiger partial charge in [0.05, 0.1) is 0 Å². The summed E-state index contributed by atoms with van der Waals surface area (Å²) in [5.74, 6) is -0.614. The van der Waals surface area contributed by atoms with E-state index in [9.17, 15) is 9.59 Å². The number of esters is 1. The molecule has 5 heteroatoms. The average Bonchev–Trinajstić information content (AvgIpc) is 2.11. The number of carbonyl (C=O) groups is 1. The average molecular weight is 194 g/mol. The van der Waals surface area contributed by atoms with E-state index < -0.39 is 5.97 Å². The number of carbonyl (C=O) groups excluding carboxylic acids is 1. The Morgan fingerprint density at radius 2 is 2.29 bits per heavy atom. The van der Waals surface area contributed by atoms with Gasteiger partial charge < -0.3 is 4.74 Å². The number of hydrogen-bond acceptors (Lipinski definition) is 4. The fourth-order valence-electron chi connectivity index (χ4n) is 0.669. The maximum absolute atomic E-state index is 11.1. The number of rotatable bonds is 2. The second kappa shape index (κ2) is 3.87. The molecule has 1 rings (SSSR count). The molecule has 1 heterocycles. The van der Waals surface area contributed by atoms with E-state index in [4.69, 9.17) is 4.74 Å². The van der Waals surface area contributed by atoms with Crippen molar-refractivity contribution in [2.24, 2.45) is 0 Å². The molecule has 0 spiro atoms. The lowest BCUT2D eigenvalue weighted by atomic mass is 10.4. The molecule has 0 bridgehead atoms. The Bertz CT molecular complexity index is 434. The Morgan fingerprint density at radius 3 is 2.79 bits per heavy atom. The lowest BCUT2D eigenvalue weighted by molar-refractivity contribution is -0.130. The molecule has 14 heavy (non-hydrogen) atoms. The van der Waals surface area contributed by atoms with E-state index in [2.05, 4.69) is 16.5 Å². The van der Waals surface area contributed by atoms with Crippen LogP contribution in [0.15, 0.2) is 23.1 Å². The molecule has 5 nitrogen and oxygen atoms in total. The molecule has 1 N–H and O–H groups in total. The van der Waals surface area contributed by atoms with Crippen LogP contribution in [0.1, 0.15) is 12.5 Å². The van der Waals surface area contributed by atoms with Crippen LogP contribution in [-0.4, -0.2) is 15.9 Å². The first-order valence-electron chi connectivity index (χ1n) is 3.94. The summed E-state index contributed by atoms with van der Waals surface area (Å²) in [6.45, 7) is 6.51. The highest BCUT2D eigenvalue weighted by Gasteiger charge is 2.07. The van der Waals surface area contributed by atoms with Gasteiger partial charge in [0.25, 0.3) is 5.56 Å². The zero-order chi connectivity index (χ0) is 10.7. The number of ether oxygens (including phenoxy) is 1. The first-order chi connectivity index (χ1) is 6.50. The summed E-state index contributed by atoms with van der Waals surface area (Å²) < 4.78 is 4.71. The molecule has 0 aliphatic carbocycles. The van der Waals surface area contributed by atoms with E-state index in [1.165, 1.54) is 13.1 Å². The molecule has 1 aromatic heterocycles. The van der Waals surface area contributed by atoms with Gasteiger partial charge in [-0.05, 0) is 13.8 Å². The molecule has 0 amide bonds. The first kappa shape index (κ1) is 10.2. The number of H-pyrrole nitrogens is 1. The third-order valence-electron chi connectivity index (χ3n) is 1.49. The monoisotopic (exact) mass is 194 g/mol. The first-order valence-corrected chi connectivity index (χ1v) is 3.94. The number of nitrogens with zero attached hydrogens (tertiary/aromatic N) is 1. The zero-order valence-electron chi connectivity index (χ0n) is 7.96. The van der Waals surface area contributed by atoms with Gasteiger partial charge in [-0.1, -0.05) is 6.58 Å². The van der Waals surface area contributed by atoms with Crippen molar-refractivity contribution >= 4 is 5.97 Å². The number of hydrogen-bond donors (Lipinski definition) is 1. The summed E-state index contributed by atoms with van der Waals surface area (Å²) in [4.78, 5) is 28.1. The van der Waals surface area contributed by atoms with Crippen LogP contribution in [0.4, 0.5) is 0 Å². The summed E-state index contributed by atoms with van der Waals surface area (Å²) in [6.07, 6.45) is 1.33. The van der Waals surface area contributed by atoms with Crippen LogP contribution < -0.4 is 10.3 Å². The van der Waals surface area contributed by atoms with Crippen LogP contribution >= 0.6 is 0 Å². The minimum absolute atomic E-state index is 0.117. The van der Waals surface area contributed by atoms with E-state index in [1.54, 1.807) is 6.92 Å². The van der Waals surface area contributed by atoms with E-state index in [-0.39, 0.29) is 17.1 Å². The van der Waals surface area contributed by atoms with Gasteiger partial charge in [0.2, 0.25) is 0 Å². The number of aromatic nitrogens is 2. The van der Waals surface area contributed by atoms with Gasteiger partial charge in [-0.2, -0.15) is 0 Å². The maximum atomic E-state index is 11.1. The quantitative estimate of drug-likeness (QED) is 0.551. The van der Waals surface area contributed by atoms with Crippen molar-refractivity contribution in [3.63, 3.8) is 0 Å². The third kappa shape index (κ3) is 2.29. The summed E-state index contributed by atoms with van der Waals surface area (Å²) >= 11 is 0. The summed E-state index contributed by atoms with van der Waals surface area (Å²) in [6, 6.07) is -0.117. The van der Waals surface area contributed by atoms with E-state index in [0.29, 0.717) is 5.56 Å². The highest BCUT2D eigenvalue weighted by Crippen LogP contribution is 2.00. The largest absolute Gasteiger partial charge is 0.389 e. The zero-order valence-corrected chi connectivity index (χ0v) is 7.96. The molecule has 0 radical (unpaired) electrons. The van der Waals surface area contributed by atoms with Crippen LogP contribution in [0, 0.1) is 6.92 Å². The SMILES string of the molecule is C=C(C)C(=O)Oc1ncc(C)c(=O)[nH]1. The summed E-state index contributed by atoms with van der Waals surface area (Å²) in [7, 11) is 0. The smallest absolute Gasteiger partial charge is 0.340 e. The molecule has 0 aliphatic rings. The lowest BCUT2D eigenvalue weighted by Crippen LogP contribution is -2.16. The molecule has 0 saturated carbocycles. The molecule has 0 atom stereocenters. The predicted octanol–water partition coefficient (Wildman–Crippen LogP) is 0.560. The lowest BCUT2D eigenvalue weighted by Gasteiger charge is -2.01. The predicted molar refractivity (Wildman–Crippen MR) is 50.0 cm³/mol. The van der Waals surface area contributed by atoms with Crippen LogP contribution in [0.5, 0.6) is 6.01 Å². The maximum Gasteiger partial charge on any atom is 0.340 e. The molecule has 0 saturated heterocycles. The fourth-order valence-corrected chi connectivity index (χ4v) is 0.669. The number of aryl methyl sites for hydroxylation is 1. The van der Waals surface area contributed by atoms with Crippen LogP contribution in [0.25, 0.3) is 0 Å². The Morgan fingerprint density at radius 1 is 1.64 bits per heavy atom. The molecule has 0 aliphatic heterocycles. The Balaban J connectivity index is 2.89. The molecule has 0 aromatic carbocycles. The van der Waals surface area contributed by atoms with Gasteiger partial charge in [0, 0.05) is 17.3 Å². The third-order valence-corrected chi connectivity index (χ3v) is 1.49. The Kier molecular flexibility index (Phi) is 2.81. The topological polar surface area (TPSA) is 72.0 Å². The van der Waals surface area contributed by atoms with Crippen molar-refractivity contribution in [1.82, 2.24) is 9.97 Å². The highest BCUT2D eigenvalue weighted by molar-refractivity contribution is 5.88. The second-order valence-corrected chi connectivity index (χ2v) is 2.87. The van der Waals surface area contributed by atoms with Crippen molar-refractivity contribution in [2.45, 2.75) is 13.8 Å². The van der Waals surface area contributed by atoms with Crippen molar-refractivity contribution in [3.05, 3.63) is 34.3 Å².